The molecule has 0 amide bonds. The molecule has 0 aliphatic heterocycles. The molecular weight excluding hydrogens is 881 g/mol. The predicted molar refractivity (Wildman–Crippen MR) is 302 cm³/mol. The van der Waals surface area contributed by atoms with Gasteiger partial charge in [0.05, 0.1) is 22.1 Å². The van der Waals surface area contributed by atoms with Crippen molar-refractivity contribution in [3.63, 3.8) is 0 Å². The number of hydrogen-bond acceptors (Lipinski definition) is 1. The van der Waals surface area contributed by atoms with E-state index >= 15 is 0 Å². The van der Waals surface area contributed by atoms with E-state index < -0.39 is 8.07 Å². The molecule has 0 spiro atoms. The third kappa shape index (κ3) is 6.17. The molecule has 0 aliphatic carbocycles. The number of hydrogen-bond donors (Lipinski definition) is 0. The molecule has 0 aliphatic rings. The molecule has 328 valence electrons. The fourth-order valence-corrected chi connectivity index (χ4v) is 17.6. The molecule has 0 unspecified atom stereocenters. The molecule has 0 atom stereocenters. The monoisotopic (exact) mass is 924 g/mol. The van der Waals surface area contributed by atoms with E-state index in [9.17, 15) is 0 Å². The van der Waals surface area contributed by atoms with Crippen molar-refractivity contribution in [2.45, 2.75) is 0 Å². The molecule has 0 N–H and O–H groups in total. The molecule has 0 radical (unpaired) electrons. The van der Waals surface area contributed by atoms with Gasteiger partial charge in [-0.25, -0.2) is 0 Å². The summed E-state index contributed by atoms with van der Waals surface area (Å²) in [7, 11) is -2.78. The summed E-state index contributed by atoms with van der Waals surface area (Å²) in [6.45, 7) is 0. The van der Waals surface area contributed by atoms with E-state index in [4.69, 9.17) is 0 Å². The van der Waals surface area contributed by atoms with Crippen LogP contribution in [-0.4, -0.2) is 17.2 Å². The van der Waals surface area contributed by atoms with Gasteiger partial charge in [-0.15, -0.1) is 11.3 Å². The van der Waals surface area contributed by atoms with Crippen molar-refractivity contribution < 1.29 is 0 Å². The number of thiophene rings is 1. The molecule has 4 heteroatoms. The van der Waals surface area contributed by atoms with Gasteiger partial charge in [0.2, 0.25) is 0 Å². The Morgan fingerprint density at radius 1 is 0.286 bits per heavy atom. The van der Waals surface area contributed by atoms with E-state index in [0.717, 1.165) is 11.4 Å². The van der Waals surface area contributed by atoms with Crippen molar-refractivity contribution in [1.82, 2.24) is 9.13 Å². The molecule has 0 saturated carbocycles. The molecule has 2 nitrogen and oxygen atoms in total. The lowest BCUT2D eigenvalue weighted by molar-refractivity contribution is 1.17. The van der Waals surface area contributed by atoms with Crippen LogP contribution in [0.25, 0.3) is 97.4 Å². The van der Waals surface area contributed by atoms with Gasteiger partial charge in [0.25, 0.3) is 0 Å². The first-order valence-electron chi connectivity index (χ1n) is 24.1. The zero-order chi connectivity index (χ0) is 46.2. The van der Waals surface area contributed by atoms with Crippen LogP contribution in [0.2, 0.25) is 0 Å². The highest BCUT2D eigenvalue weighted by atomic mass is 32.1. The minimum Gasteiger partial charge on any atom is -0.309 e. The van der Waals surface area contributed by atoms with Crippen LogP contribution >= 0.6 is 11.3 Å². The van der Waals surface area contributed by atoms with Gasteiger partial charge in [0.1, 0.15) is 0 Å². The standard InChI is InChI=1S/C66H44N2SSi/c1-5-20-45(21-6-1)46-38-40-62-58(42-46)56-34-18-33-55(54-32-19-37-64-65(54)57-31-14-16-36-63(57)69-64)66(56)68(62)48-39-41-61-59(44-48)53-30-13-15-35-60(53)67(61)47-22-17-29-52(43-47)70(49-23-7-2-8-24-49,50-25-9-3-10-26-50)51-27-11-4-12-28-51/h1-44H. The van der Waals surface area contributed by atoms with Crippen LogP contribution in [0.5, 0.6) is 0 Å². The molecule has 14 aromatic rings. The average molecular weight is 925 g/mol. The summed E-state index contributed by atoms with van der Waals surface area (Å²) in [5, 5.41) is 13.0. The van der Waals surface area contributed by atoms with Crippen molar-refractivity contribution in [2.24, 2.45) is 0 Å². The second-order valence-corrected chi connectivity index (χ2v) is 23.3. The Kier molecular flexibility index (Phi) is 9.44. The smallest absolute Gasteiger partial charge is 0.179 e. The summed E-state index contributed by atoms with van der Waals surface area (Å²) >= 11 is 1.88. The van der Waals surface area contributed by atoms with Crippen LogP contribution < -0.4 is 20.7 Å². The van der Waals surface area contributed by atoms with Gasteiger partial charge in [-0.3, -0.25) is 0 Å². The molecule has 0 fully saturated rings. The van der Waals surface area contributed by atoms with Crippen molar-refractivity contribution in [3.05, 3.63) is 267 Å². The number of aromatic nitrogens is 2. The number of fused-ring (bicyclic) bond motifs is 9. The second-order valence-electron chi connectivity index (χ2n) is 18.4. The quantitative estimate of drug-likeness (QED) is 0.106. The van der Waals surface area contributed by atoms with Crippen LogP contribution in [0.15, 0.2) is 267 Å². The van der Waals surface area contributed by atoms with E-state index in [1.54, 1.807) is 0 Å². The van der Waals surface area contributed by atoms with Crippen LogP contribution in [0.1, 0.15) is 0 Å². The van der Waals surface area contributed by atoms with Gasteiger partial charge in [0.15, 0.2) is 8.07 Å². The zero-order valence-electron chi connectivity index (χ0n) is 38.2. The van der Waals surface area contributed by atoms with Gasteiger partial charge in [-0.2, -0.15) is 0 Å². The topological polar surface area (TPSA) is 9.86 Å². The SMILES string of the molecule is c1ccc(-c2ccc3c(c2)c2cccc(-c4cccc5sc6ccccc6c45)c2n3-c2ccc3c(c2)c2ccccc2n3-c2cccc([Si](c3ccccc3)(c3ccccc3)c3ccccc3)c2)cc1. The molecule has 14 rings (SSSR count). The van der Waals surface area contributed by atoms with Crippen LogP contribution in [-0.2, 0) is 0 Å². The summed E-state index contributed by atoms with van der Waals surface area (Å²) in [6.07, 6.45) is 0. The summed E-state index contributed by atoms with van der Waals surface area (Å²) in [6, 6.07) is 99.5. The Labute approximate surface area is 411 Å². The third-order valence-electron chi connectivity index (χ3n) is 14.7. The van der Waals surface area contributed by atoms with Gasteiger partial charge >= 0.3 is 0 Å². The molecule has 11 aromatic carbocycles. The number of rotatable bonds is 8. The first-order valence-corrected chi connectivity index (χ1v) is 26.9. The summed E-state index contributed by atoms with van der Waals surface area (Å²) in [5.74, 6) is 0. The zero-order valence-corrected chi connectivity index (χ0v) is 40.0. The minimum atomic E-state index is -2.78. The normalized spacial score (nSPS) is 12.0. The fourth-order valence-electron chi connectivity index (χ4n) is 11.7. The van der Waals surface area contributed by atoms with E-state index in [-0.39, 0.29) is 0 Å². The highest BCUT2D eigenvalue weighted by Gasteiger charge is 2.41. The lowest BCUT2D eigenvalue weighted by Crippen LogP contribution is -2.74. The fraction of sp³-hybridized carbons (Fsp3) is 0. The first-order chi connectivity index (χ1) is 34.7. The van der Waals surface area contributed by atoms with Crippen LogP contribution in [0, 0.1) is 0 Å². The summed E-state index contributed by atoms with van der Waals surface area (Å²) in [5.41, 5.74) is 12.0. The second kappa shape index (κ2) is 16.3. The van der Waals surface area contributed by atoms with Crippen molar-refractivity contribution in [1.29, 1.82) is 0 Å². The van der Waals surface area contributed by atoms with E-state index in [1.807, 2.05) is 11.3 Å². The maximum Gasteiger partial charge on any atom is 0.179 e. The van der Waals surface area contributed by atoms with Crippen LogP contribution in [0.4, 0.5) is 0 Å². The molecule has 0 saturated heterocycles. The highest BCUT2D eigenvalue weighted by molar-refractivity contribution is 7.26. The van der Waals surface area contributed by atoms with Gasteiger partial charge in [0, 0.05) is 58.7 Å². The Balaban J connectivity index is 1.02. The third-order valence-corrected chi connectivity index (χ3v) is 20.6. The van der Waals surface area contributed by atoms with Gasteiger partial charge in [-0.1, -0.05) is 206 Å². The predicted octanol–water partition coefficient (Wildman–Crippen LogP) is 15.0. The molecule has 3 heterocycles. The lowest BCUT2D eigenvalue weighted by atomic mass is 9.97. The largest absolute Gasteiger partial charge is 0.309 e. The molecule has 70 heavy (non-hydrogen) atoms. The first kappa shape index (κ1) is 40.5. The average Bonchev–Trinajstić information content (AvgIpc) is 4.10. The van der Waals surface area contributed by atoms with E-state index in [2.05, 4.69) is 276 Å². The minimum absolute atomic E-state index is 1.13. The molecule has 3 aromatic heterocycles. The van der Waals surface area contributed by atoms with Crippen molar-refractivity contribution in [2.75, 3.05) is 0 Å². The molecular formula is C66H44N2SSi. The lowest BCUT2D eigenvalue weighted by Gasteiger charge is -2.34. The van der Waals surface area contributed by atoms with Crippen LogP contribution in [0.3, 0.4) is 0 Å². The van der Waals surface area contributed by atoms with Crippen molar-refractivity contribution >= 4 is 104 Å². The Hall–Kier alpha value is -8.54. The Morgan fingerprint density at radius 3 is 1.54 bits per heavy atom. The Morgan fingerprint density at radius 2 is 0.800 bits per heavy atom. The number of para-hydroxylation sites is 2. The Bertz CT molecular complexity index is 4190. The maximum absolute atomic E-state index is 2.78. The molecule has 0 bridgehead atoms. The maximum atomic E-state index is 2.54. The number of nitrogens with zero attached hydrogens (tertiary/aromatic N) is 2. The summed E-state index contributed by atoms with van der Waals surface area (Å²) < 4.78 is 7.64. The van der Waals surface area contributed by atoms with E-state index in [1.165, 1.54) is 107 Å². The van der Waals surface area contributed by atoms with Gasteiger partial charge in [-0.05, 0) is 98.1 Å². The summed E-state index contributed by atoms with van der Waals surface area (Å²) in [4.78, 5) is 0. The van der Waals surface area contributed by atoms with Gasteiger partial charge < -0.3 is 9.13 Å². The highest BCUT2D eigenvalue weighted by Crippen LogP contribution is 2.45. The van der Waals surface area contributed by atoms with Crippen molar-refractivity contribution in [3.8, 4) is 33.6 Å². The van der Waals surface area contributed by atoms with E-state index in [0.29, 0.717) is 0 Å². The number of benzene rings is 11.